The molecule has 0 spiro atoms. The summed E-state index contributed by atoms with van der Waals surface area (Å²) < 4.78 is 39.2. The van der Waals surface area contributed by atoms with Gasteiger partial charge in [-0.15, -0.1) is 0 Å². The van der Waals surface area contributed by atoms with E-state index in [1.807, 2.05) is 55.5 Å². The molecule has 5 nitrogen and oxygen atoms in total. The molecule has 210 valence electrons. The third-order valence-electron chi connectivity index (χ3n) is 7.28. The van der Waals surface area contributed by atoms with Crippen LogP contribution in [0.1, 0.15) is 45.1 Å². The SMILES string of the molecule is CC(=O)Nc1ccc(CN[C@H]2Cc3ccc(NC(=O)c4cccc(C)c4-c4ccc(C(F)(F)F)cc4)cc3C2)cc1. The second kappa shape index (κ2) is 11.6. The minimum absolute atomic E-state index is 0.103. The Morgan fingerprint density at radius 2 is 1.51 bits per heavy atom. The number of benzene rings is 4. The Morgan fingerprint density at radius 3 is 2.20 bits per heavy atom. The van der Waals surface area contributed by atoms with Crippen LogP contribution in [-0.2, 0) is 30.4 Å². The van der Waals surface area contributed by atoms with Crippen LogP contribution in [0.3, 0.4) is 0 Å². The smallest absolute Gasteiger partial charge is 0.326 e. The van der Waals surface area contributed by atoms with Crippen LogP contribution in [0.2, 0.25) is 0 Å². The number of rotatable bonds is 7. The molecule has 2 amide bonds. The summed E-state index contributed by atoms with van der Waals surface area (Å²) >= 11 is 0. The number of anilines is 2. The molecule has 4 aromatic carbocycles. The number of alkyl halides is 3. The minimum atomic E-state index is -4.42. The lowest BCUT2D eigenvalue weighted by Crippen LogP contribution is -2.28. The summed E-state index contributed by atoms with van der Waals surface area (Å²) in [6.07, 6.45) is -2.72. The molecule has 0 saturated heterocycles. The molecule has 0 saturated carbocycles. The number of halogens is 3. The van der Waals surface area contributed by atoms with E-state index in [4.69, 9.17) is 0 Å². The standard InChI is InChI=1S/C33H30F3N3O2/c1-20-4-3-5-30(31(20)23-8-11-26(12-9-23)33(34,35)36)32(41)39-28-15-10-24-16-29(18-25(24)17-28)37-19-22-6-13-27(14-7-22)38-21(2)40/h3-15,17,29,37H,16,18-19H2,1-2H3,(H,38,40)(H,39,41)/t29-/m0/s1. The monoisotopic (exact) mass is 557 g/mol. The Bertz CT molecular complexity index is 1580. The average molecular weight is 558 g/mol. The van der Waals surface area contributed by atoms with Gasteiger partial charge in [0, 0.05) is 36.4 Å². The summed E-state index contributed by atoms with van der Waals surface area (Å²) in [5.41, 5.74) is 6.55. The van der Waals surface area contributed by atoms with E-state index in [-0.39, 0.29) is 17.9 Å². The number of hydrogen-bond donors (Lipinski definition) is 3. The van der Waals surface area contributed by atoms with Gasteiger partial charge >= 0.3 is 6.18 Å². The maximum Gasteiger partial charge on any atom is 0.416 e. The van der Waals surface area contributed by atoms with Crippen molar-refractivity contribution < 1.29 is 22.8 Å². The van der Waals surface area contributed by atoms with Crippen LogP contribution >= 0.6 is 0 Å². The Balaban J connectivity index is 1.25. The Hall–Kier alpha value is -4.43. The number of aryl methyl sites for hydroxylation is 1. The molecule has 1 atom stereocenters. The van der Waals surface area contributed by atoms with E-state index < -0.39 is 11.7 Å². The molecule has 0 fully saturated rings. The van der Waals surface area contributed by atoms with Crippen molar-refractivity contribution in [1.82, 2.24) is 5.32 Å². The molecule has 5 rings (SSSR count). The molecule has 3 N–H and O–H groups in total. The van der Waals surface area contributed by atoms with Gasteiger partial charge in [0.15, 0.2) is 0 Å². The molecule has 0 bridgehead atoms. The molecule has 0 radical (unpaired) electrons. The largest absolute Gasteiger partial charge is 0.416 e. The predicted molar refractivity (Wildman–Crippen MR) is 155 cm³/mol. The molecule has 0 heterocycles. The van der Waals surface area contributed by atoms with Crippen molar-refractivity contribution in [3.63, 3.8) is 0 Å². The van der Waals surface area contributed by atoms with Crippen molar-refractivity contribution in [3.8, 4) is 11.1 Å². The molecule has 8 heteroatoms. The first-order valence-corrected chi connectivity index (χ1v) is 13.4. The van der Waals surface area contributed by atoms with E-state index in [0.717, 1.165) is 47.4 Å². The van der Waals surface area contributed by atoms with Crippen LogP contribution in [0.4, 0.5) is 24.5 Å². The topological polar surface area (TPSA) is 70.2 Å². The van der Waals surface area contributed by atoms with E-state index in [0.29, 0.717) is 28.9 Å². The van der Waals surface area contributed by atoms with Gasteiger partial charge in [0.1, 0.15) is 0 Å². The molecule has 0 aromatic heterocycles. The molecule has 1 aliphatic rings. The van der Waals surface area contributed by atoms with Crippen LogP contribution in [-0.4, -0.2) is 17.9 Å². The van der Waals surface area contributed by atoms with Gasteiger partial charge in [0.05, 0.1) is 5.56 Å². The van der Waals surface area contributed by atoms with Gasteiger partial charge in [-0.25, -0.2) is 0 Å². The normalized spacial score (nSPS) is 14.4. The van der Waals surface area contributed by atoms with Crippen molar-refractivity contribution in [2.75, 3.05) is 10.6 Å². The van der Waals surface area contributed by atoms with E-state index in [9.17, 15) is 22.8 Å². The maximum atomic E-state index is 13.4. The molecular weight excluding hydrogens is 527 g/mol. The number of carbonyl (C=O) groups is 2. The van der Waals surface area contributed by atoms with Crippen molar-refractivity contribution in [1.29, 1.82) is 0 Å². The average Bonchev–Trinajstić information content (AvgIpc) is 3.34. The van der Waals surface area contributed by atoms with E-state index in [1.165, 1.54) is 24.6 Å². The summed E-state index contributed by atoms with van der Waals surface area (Å²) in [6, 6.07) is 24.1. The molecule has 41 heavy (non-hydrogen) atoms. The lowest BCUT2D eigenvalue weighted by molar-refractivity contribution is -0.137. The highest BCUT2D eigenvalue weighted by Crippen LogP contribution is 2.34. The highest BCUT2D eigenvalue weighted by Gasteiger charge is 2.30. The van der Waals surface area contributed by atoms with Crippen LogP contribution in [0, 0.1) is 6.92 Å². The summed E-state index contributed by atoms with van der Waals surface area (Å²) in [4.78, 5) is 24.6. The summed E-state index contributed by atoms with van der Waals surface area (Å²) in [5, 5.41) is 9.34. The lowest BCUT2D eigenvalue weighted by atomic mass is 9.93. The third-order valence-corrected chi connectivity index (χ3v) is 7.28. The van der Waals surface area contributed by atoms with Crippen molar-refractivity contribution in [3.05, 3.63) is 118 Å². The van der Waals surface area contributed by atoms with Gasteiger partial charge in [0.25, 0.3) is 5.91 Å². The molecule has 1 aliphatic carbocycles. The fourth-order valence-corrected chi connectivity index (χ4v) is 5.28. The third kappa shape index (κ3) is 6.66. The number of carbonyl (C=O) groups excluding carboxylic acids is 2. The zero-order chi connectivity index (χ0) is 29.1. The number of fused-ring (bicyclic) bond motifs is 1. The van der Waals surface area contributed by atoms with E-state index >= 15 is 0 Å². The number of nitrogens with one attached hydrogen (secondary N) is 3. The molecule has 0 unspecified atom stereocenters. The number of amides is 2. The Labute approximate surface area is 236 Å². The summed E-state index contributed by atoms with van der Waals surface area (Å²) in [7, 11) is 0. The van der Waals surface area contributed by atoms with Crippen LogP contribution in [0.15, 0.2) is 84.9 Å². The Morgan fingerprint density at radius 1 is 0.829 bits per heavy atom. The van der Waals surface area contributed by atoms with E-state index in [2.05, 4.69) is 16.0 Å². The Kier molecular flexibility index (Phi) is 7.94. The van der Waals surface area contributed by atoms with Crippen LogP contribution in [0.5, 0.6) is 0 Å². The predicted octanol–water partition coefficient (Wildman–Crippen LogP) is 7.15. The first-order chi connectivity index (χ1) is 19.6. The lowest BCUT2D eigenvalue weighted by Gasteiger charge is -2.15. The highest BCUT2D eigenvalue weighted by molar-refractivity contribution is 6.09. The second-order valence-corrected chi connectivity index (χ2v) is 10.4. The summed E-state index contributed by atoms with van der Waals surface area (Å²) in [6.45, 7) is 4.01. The van der Waals surface area contributed by atoms with Gasteiger partial charge in [0.2, 0.25) is 5.91 Å². The van der Waals surface area contributed by atoms with Gasteiger partial charge < -0.3 is 16.0 Å². The number of hydrogen-bond acceptors (Lipinski definition) is 3. The van der Waals surface area contributed by atoms with Crippen molar-refractivity contribution in [2.45, 2.75) is 45.5 Å². The first-order valence-electron chi connectivity index (χ1n) is 13.4. The highest BCUT2D eigenvalue weighted by atomic mass is 19.4. The maximum absolute atomic E-state index is 13.4. The van der Waals surface area contributed by atoms with Gasteiger partial charge in [-0.05, 0) is 95.6 Å². The molecular formula is C33H30F3N3O2. The van der Waals surface area contributed by atoms with Crippen molar-refractivity contribution in [2.24, 2.45) is 0 Å². The van der Waals surface area contributed by atoms with E-state index in [1.54, 1.807) is 12.1 Å². The van der Waals surface area contributed by atoms with Crippen molar-refractivity contribution >= 4 is 23.2 Å². The molecule has 4 aromatic rings. The zero-order valence-corrected chi connectivity index (χ0v) is 22.7. The molecule has 0 aliphatic heterocycles. The van der Waals surface area contributed by atoms with Gasteiger partial charge in [-0.1, -0.05) is 42.5 Å². The van der Waals surface area contributed by atoms with Crippen LogP contribution < -0.4 is 16.0 Å². The summed E-state index contributed by atoms with van der Waals surface area (Å²) in [5.74, 6) is -0.424. The first kappa shape index (κ1) is 28.1. The van der Waals surface area contributed by atoms with Crippen LogP contribution in [0.25, 0.3) is 11.1 Å². The fraction of sp³-hybridized carbons (Fsp3) is 0.212. The second-order valence-electron chi connectivity index (χ2n) is 10.4. The minimum Gasteiger partial charge on any atom is -0.326 e. The quantitative estimate of drug-likeness (QED) is 0.226. The van der Waals surface area contributed by atoms with Gasteiger partial charge in [-0.2, -0.15) is 13.2 Å². The van der Waals surface area contributed by atoms with Gasteiger partial charge in [-0.3, -0.25) is 9.59 Å². The fourth-order valence-electron chi connectivity index (χ4n) is 5.28. The zero-order valence-electron chi connectivity index (χ0n) is 22.7.